The van der Waals surface area contributed by atoms with Crippen LogP contribution in [-0.2, 0) is 22.6 Å². The minimum absolute atomic E-state index is 0.798. The van der Waals surface area contributed by atoms with Gasteiger partial charge < -0.3 is 19.8 Å². The second-order valence-corrected chi connectivity index (χ2v) is 6.39. The van der Waals surface area contributed by atoms with Crippen molar-refractivity contribution in [1.29, 1.82) is 0 Å². The van der Waals surface area contributed by atoms with Crippen molar-refractivity contribution < 1.29 is 24.5 Å². The molecule has 0 aliphatic carbocycles. The van der Waals surface area contributed by atoms with Crippen LogP contribution in [-0.4, -0.2) is 47.3 Å². The average Bonchev–Trinajstić information content (AvgIpc) is 2.69. The van der Waals surface area contributed by atoms with E-state index in [1.165, 1.54) is 11.1 Å². The van der Waals surface area contributed by atoms with Gasteiger partial charge in [-0.1, -0.05) is 49.4 Å². The van der Waals surface area contributed by atoms with E-state index in [1.54, 1.807) is 0 Å². The molecule has 0 amide bonds. The van der Waals surface area contributed by atoms with Crippen molar-refractivity contribution in [2.45, 2.75) is 32.7 Å². The minimum atomic E-state index is -1.82. The van der Waals surface area contributed by atoms with Gasteiger partial charge in [-0.15, -0.1) is 0 Å². The van der Waals surface area contributed by atoms with Crippen molar-refractivity contribution in [3.63, 3.8) is 0 Å². The monoisotopic (exact) mass is 387 g/mol. The number of unbranched alkanes of at least 4 members (excludes halogenated alkanes) is 1. The Kier molecular flexibility index (Phi) is 11.0. The molecule has 0 radical (unpaired) electrons. The summed E-state index contributed by atoms with van der Waals surface area (Å²) in [5.41, 5.74) is 2.71. The summed E-state index contributed by atoms with van der Waals surface area (Å²) in [4.78, 5) is 20.6. The maximum absolute atomic E-state index is 9.10. The predicted octanol–water partition coefficient (Wildman–Crippen LogP) is 3.70. The summed E-state index contributed by atoms with van der Waals surface area (Å²) >= 11 is 0. The third-order valence-corrected chi connectivity index (χ3v) is 3.99. The zero-order valence-electron chi connectivity index (χ0n) is 16.5. The summed E-state index contributed by atoms with van der Waals surface area (Å²) in [6, 6.07) is 19.0. The molecule has 0 bridgehead atoms. The van der Waals surface area contributed by atoms with E-state index in [4.69, 9.17) is 24.5 Å². The molecular formula is C22H29NO5. The van der Waals surface area contributed by atoms with Crippen LogP contribution in [0.1, 0.15) is 30.9 Å². The Morgan fingerprint density at radius 2 is 1.57 bits per heavy atom. The van der Waals surface area contributed by atoms with Gasteiger partial charge >= 0.3 is 11.9 Å². The number of carboxylic acids is 2. The van der Waals surface area contributed by atoms with Crippen LogP contribution in [0.25, 0.3) is 0 Å². The summed E-state index contributed by atoms with van der Waals surface area (Å²) in [5, 5.41) is 14.8. The molecule has 0 aliphatic rings. The van der Waals surface area contributed by atoms with Gasteiger partial charge in [0, 0.05) is 6.54 Å². The number of carbonyl (C=O) groups is 2. The van der Waals surface area contributed by atoms with Crippen molar-refractivity contribution in [2.75, 3.05) is 20.2 Å². The Bertz CT molecular complexity index is 706. The fourth-order valence-corrected chi connectivity index (χ4v) is 2.50. The molecule has 0 heterocycles. The summed E-state index contributed by atoms with van der Waals surface area (Å²) < 4.78 is 5.83. The van der Waals surface area contributed by atoms with Gasteiger partial charge in [0.1, 0.15) is 5.75 Å². The highest BCUT2D eigenvalue weighted by Gasteiger charge is 2.04. The fourth-order valence-electron chi connectivity index (χ4n) is 2.50. The number of aliphatic carboxylic acids is 2. The highest BCUT2D eigenvalue weighted by Crippen LogP contribution is 2.14. The van der Waals surface area contributed by atoms with Gasteiger partial charge in [-0.25, -0.2) is 9.59 Å². The standard InChI is InChI=1S/C20H27NO.C2H2O4/c1-3-18-12-9-13-20(16-18)22-15-8-7-14-21(2)17-19-10-5-4-6-11-19;3-1(4)2(5)6/h4-6,9-13,16H,3,7-8,14-15,17H2,1-2H3;(H,3,4)(H,5,6). The Balaban J connectivity index is 0.000000568. The van der Waals surface area contributed by atoms with Crippen LogP contribution in [0.4, 0.5) is 0 Å². The Morgan fingerprint density at radius 3 is 2.18 bits per heavy atom. The smallest absolute Gasteiger partial charge is 0.414 e. The first-order valence-corrected chi connectivity index (χ1v) is 9.32. The van der Waals surface area contributed by atoms with Gasteiger partial charge in [0.15, 0.2) is 0 Å². The quantitative estimate of drug-likeness (QED) is 0.504. The molecule has 6 nitrogen and oxygen atoms in total. The van der Waals surface area contributed by atoms with Crippen molar-refractivity contribution >= 4 is 11.9 Å². The van der Waals surface area contributed by atoms with E-state index in [-0.39, 0.29) is 0 Å². The zero-order chi connectivity index (χ0) is 20.8. The van der Waals surface area contributed by atoms with Crippen molar-refractivity contribution in [3.8, 4) is 5.75 Å². The molecule has 0 saturated heterocycles. The van der Waals surface area contributed by atoms with Crippen molar-refractivity contribution in [3.05, 3.63) is 65.7 Å². The van der Waals surface area contributed by atoms with Crippen LogP contribution in [0.3, 0.4) is 0 Å². The van der Waals surface area contributed by atoms with Crippen LogP contribution in [0, 0.1) is 0 Å². The Morgan fingerprint density at radius 1 is 0.929 bits per heavy atom. The van der Waals surface area contributed by atoms with E-state index in [1.807, 2.05) is 6.07 Å². The summed E-state index contributed by atoms with van der Waals surface area (Å²) in [7, 11) is 2.18. The molecular weight excluding hydrogens is 358 g/mol. The molecule has 0 fully saturated rings. The third-order valence-electron chi connectivity index (χ3n) is 3.99. The van der Waals surface area contributed by atoms with Crippen LogP contribution in [0.2, 0.25) is 0 Å². The number of benzene rings is 2. The molecule has 0 aromatic heterocycles. The number of nitrogens with zero attached hydrogens (tertiary/aromatic N) is 1. The summed E-state index contributed by atoms with van der Waals surface area (Å²) in [6.45, 7) is 5.08. The highest BCUT2D eigenvalue weighted by atomic mass is 16.5. The fraction of sp³-hybridized carbons (Fsp3) is 0.364. The topological polar surface area (TPSA) is 87.1 Å². The third kappa shape index (κ3) is 10.3. The summed E-state index contributed by atoms with van der Waals surface area (Å²) in [6.07, 6.45) is 3.31. The largest absolute Gasteiger partial charge is 0.494 e. The Labute approximate surface area is 166 Å². The number of carboxylic acid groups (broad SMARTS) is 2. The number of hydrogen-bond donors (Lipinski definition) is 2. The molecule has 2 N–H and O–H groups in total. The molecule has 2 aromatic rings. The van der Waals surface area contributed by atoms with Gasteiger partial charge in [0.05, 0.1) is 6.61 Å². The SMILES string of the molecule is CCc1cccc(OCCCCN(C)Cc2ccccc2)c1.O=C(O)C(=O)O. The zero-order valence-corrected chi connectivity index (χ0v) is 16.5. The normalized spacial score (nSPS) is 10.1. The van der Waals surface area contributed by atoms with Crippen molar-refractivity contribution in [2.24, 2.45) is 0 Å². The average molecular weight is 387 g/mol. The van der Waals surface area contributed by atoms with E-state index in [9.17, 15) is 0 Å². The number of hydrogen-bond acceptors (Lipinski definition) is 4. The van der Waals surface area contributed by atoms with E-state index >= 15 is 0 Å². The Hall–Kier alpha value is -2.86. The highest BCUT2D eigenvalue weighted by molar-refractivity contribution is 6.27. The molecule has 28 heavy (non-hydrogen) atoms. The van der Waals surface area contributed by atoms with Gasteiger partial charge in [-0.05, 0) is 56.1 Å². The lowest BCUT2D eigenvalue weighted by atomic mass is 10.2. The molecule has 6 heteroatoms. The van der Waals surface area contributed by atoms with E-state index in [0.717, 1.165) is 44.7 Å². The molecule has 0 saturated carbocycles. The lowest BCUT2D eigenvalue weighted by molar-refractivity contribution is -0.159. The molecule has 0 spiro atoms. The first kappa shape index (κ1) is 23.2. The van der Waals surface area contributed by atoms with Crippen LogP contribution < -0.4 is 4.74 Å². The summed E-state index contributed by atoms with van der Waals surface area (Å²) in [5.74, 6) is -2.65. The van der Waals surface area contributed by atoms with E-state index < -0.39 is 11.9 Å². The maximum atomic E-state index is 9.10. The lowest BCUT2D eigenvalue weighted by Crippen LogP contribution is -2.19. The second kappa shape index (κ2) is 13.3. The molecule has 0 aliphatic heterocycles. The number of aryl methyl sites for hydroxylation is 1. The maximum Gasteiger partial charge on any atom is 0.414 e. The second-order valence-electron chi connectivity index (χ2n) is 6.39. The predicted molar refractivity (Wildman–Crippen MR) is 109 cm³/mol. The van der Waals surface area contributed by atoms with Crippen LogP contribution >= 0.6 is 0 Å². The lowest BCUT2D eigenvalue weighted by Gasteiger charge is -2.16. The number of rotatable bonds is 9. The van der Waals surface area contributed by atoms with E-state index in [2.05, 4.69) is 67.4 Å². The molecule has 0 unspecified atom stereocenters. The van der Waals surface area contributed by atoms with E-state index in [0.29, 0.717) is 0 Å². The first-order valence-electron chi connectivity index (χ1n) is 9.32. The van der Waals surface area contributed by atoms with Crippen LogP contribution in [0.5, 0.6) is 5.75 Å². The van der Waals surface area contributed by atoms with Gasteiger partial charge in [-0.2, -0.15) is 0 Å². The minimum Gasteiger partial charge on any atom is -0.494 e. The molecule has 152 valence electrons. The molecule has 2 rings (SSSR count). The van der Waals surface area contributed by atoms with Gasteiger partial charge in [0.2, 0.25) is 0 Å². The number of ether oxygens (including phenoxy) is 1. The van der Waals surface area contributed by atoms with Gasteiger partial charge in [-0.3, -0.25) is 0 Å². The van der Waals surface area contributed by atoms with Crippen LogP contribution in [0.15, 0.2) is 54.6 Å². The van der Waals surface area contributed by atoms with Gasteiger partial charge in [0.25, 0.3) is 0 Å². The molecule has 2 aromatic carbocycles. The molecule has 0 atom stereocenters. The first-order chi connectivity index (χ1) is 13.4. The van der Waals surface area contributed by atoms with Crippen molar-refractivity contribution in [1.82, 2.24) is 4.90 Å².